The molecule has 2 N–H and O–H groups in total. The van der Waals surface area contributed by atoms with Crippen molar-refractivity contribution in [2.75, 3.05) is 39.3 Å². The molecule has 3 fully saturated rings. The number of nitrogens with one attached hydrogen (secondary N) is 1. The van der Waals surface area contributed by atoms with E-state index < -0.39 is 0 Å². The fourth-order valence-corrected chi connectivity index (χ4v) is 3.63. The first kappa shape index (κ1) is 22.8. The topological polar surface area (TPSA) is 54.0 Å². The fourth-order valence-electron chi connectivity index (χ4n) is 3.63. The molecule has 3 aliphatic rings. The number of aliphatic hydroxyl groups excluding tert-OH is 1. The number of nitrogens with zero attached hydrogens (tertiary/aromatic N) is 1. The van der Waals surface area contributed by atoms with Crippen LogP contribution in [0.25, 0.3) is 0 Å². The van der Waals surface area contributed by atoms with Crippen molar-refractivity contribution in [3.63, 3.8) is 0 Å². The van der Waals surface area contributed by atoms with Gasteiger partial charge in [-0.05, 0) is 51.6 Å². The van der Waals surface area contributed by atoms with Gasteiger partial charge in [-0.3, -0.25) is 0 Å². The van der Waals surface area contributed by atoms with E-state index in [0.717, 1.165) is 71.2 Å². The van der Waals surface area contributed by atoms with Crippen molar-refractivity contribution < 1.29 is 14.6 Å². The molecule has 0 aromatic rings. The highest BCUT2D eigenvalue weighted by atomic mass is 16.5. The molecule has 150 valence electrons. The van der Waals surface area contributed by atoms with Crippen molar-refractivity contribution in [3.05, 3.63) is 0 Å². The molecule has 0 spiro atoms. The predicted molar refractivity (Wildman–Crippen MR) is 104 cm³/mol. The number of rotatable bonds is 6. The number of piperidine rings is 2. The van der Waals surface area contributed by atoms with Crippen LogP contribution in [0.3, 0.4) is 0 Å². The molecule has 3 rings (SSSR count). The minimum absolute atomic E-state index is 0.268. The van der Waals surface area contributed by atoms with Crippen molar-refractivity contribution in [3.8, 4) is 0 Å². The van der Waals surface area contributed by atoms with Gasteiger partial charge in [0.25, 0.3) is 0 Å². The molecule has 0 radical (unpaired) electrons. The summed E-state index contributed by atoms with van der Waals surface area (Å²) in [6.07, 6.45) is 8.45. The standard InChI is InChI=1S/C16H30N2O3.2C2H6/c19-10-9-18-7-3-14(4-8-18)21-16-11-15(12-16)20-13-1-5-17-6-2-13;2*1-2/h13-17,19H,1-12H2;2*1-2H3. The molecule has 2 saturated heterocycles. The van der Waals surface area contributed by atoms with Crippen molar-refractivity contribution in [2.45, 2.75) is 90.6 Å². The monoisotopic (exact) mass is 358 g/mol. The van der Waals surface area contributed by atoms with Crippen LogP contribution < -0.4 is 5.32 Å². The van der Waals surface area contributed by atoms with E-state index in [1.807, 2.05) is 27.7 Å². The first-order chi connectivity index (χ1) is 12.3. The van der Waals surface area contributed by atoms with E-state index in [0.29, 0.717) is 24.4 Å². The Bertz CT molecular complexity index is 297. The van der Waals surface area contributed by atoms with Gasteiger partial charge in [-0.15, -0.1) is 0 Å². The first-order valence-electron chi connectivity index (χ1n) is 10.7. The van der Waals surface area contributed by atoms with Crippen LogP contribution in [0.2, 0.25) is 0 Å². The van der Waals surface area contributed by atoms with Gasteiger partial charge in [0.1, 0.15) is 0 Å². The zero-order chi connectivity index (χ0) is 18.5. The summed E-state index contributed by atoms with van der Waals surface area (Å²) in [6.45, 7) is 13.4. The summed E-state index contributed by atoms with van der Waals surface area (Å²) in [7, 11) is 0. The van der Waals surface area contributed by atoms with Crippen LogP contribution in [0, 0.1) is 0 Å². The molecule has 1 aliphatic carbocycles. The lowest BCUT2D eigenvalue weighted by molar-refractivity contribution is -0.154. The Morgan fingerprint density at radius 1 is 0.800 bits per heavy atom. The normalized spacial score (nSPS) is 28.2. The third-order valence-corrected chi connectivity index (χ3v) is 5.06. The largest absolute Gasteiger partial charge is 0.395 e. The molecule has 0 aromatic heterocycles. The number of hydrogen-bond donors (Lipinski definition) is 2. The molecule has 25 heavy (non-hydrogen) atoms. The van der Waals surface area contributed by atoms with Gasteiger partial charge < -0.3 is 24.8 Å². The summed E-state index contributed by atoms with van der Waals surface area (Å²) in [5.74, 6) is 0. The van der Waals surface area contributed by atoms with Crippen molar-refractivity contribution >= 4 is 0 Å². The summed E-state index contributed by atoms with van der Waals surface area (Å²) in [4.78, 5) is 2.32. The molecule has 0 amide bonds. The molecular weight excluding hydrogens is 316 g/mol. The summed E-state index contributed by atoms with van der Waals surface area (Å²) in [5.41, 5.74) is 0. The third-order valence-electron chi connectivity index (χ3n) is 5.06. The van der Waals surface area contributed by atoms with E-state index >= 15 is 0 Å². The minimum atomic E-state index is 0.268. The minimum Gasteiger partial charge on any atom is -0.395 e. The molecule has 0 atom stereocenters. The van der Waals surface area contributed by atoms with E-state index in [-0.39, 0.29) is 6.61 Å². The Hall–Kier alpha value is -0.200. The van der Waals surface area contributed by atoms with Crippen LogP contribution in [-0.4, -0.2) is 73.8 Å². The lowest BCUT2D eigenvalue weighted by Crippen LogP contribution is -2.45. The second kappa shape index (κ2) is 13.9. The highest BCUT2D eigenvalue weighted by Gasteiger charge is 2.35. The summed E-state index contributed by atoms with van der Waals surface area (Å²) in [6, 6.07) is 0. The van der Waals surface area contributed by atoms with Crippen LogP contribution in [0.4, 0.5) is 0 Å². The van der Waals surface area contributed by atoms with E-state index in [1.165, 1.54) is 0 Å². The van der Waals surface area contributed by atoms with Gasteiger partial charge in [-0.1, -0.05) is 27.7 Å². The molecule has 0 bridgehead atoms. The molecular formula is C20H42N2O3. The fraction of sp³-hybridized carbons (Fsp3) is 1.00. The molecule has 5 nitrogen and oxygen atoms in total. The quantitative estimate of drug-likeness (QED) is 0.765. The smallest absolute Gasteiger partial charge is 0.0628 e. The van der Waals surface area contributed by atoms with Crippen LogP contribution in [-0.2, 0) is 9.47 Å². The maximum Gasteiger partial charge on any atom is 0.0628 e. The highest BCUT2D eigenvalue weighted by molar-refractivity contribution is 4.85. The Labute approximate surface area is 155 Å². The molecule has 0 unspecified atom stereocenters. The average Bonchev–Trinajstić information content (AvgIpc) is 2.66. The van der Waals surface area contributed by atoms with Gasteiger partial charge in [0, 0.05) is 19.6 Å². The van der Waals surface area contributed by atoms with Crippen molar-refractivity contribution in [1.82, 2.24) is 10.2 Å². The number of β-amino-alcohol motifs (C(OH)–C–C–N with tert-alkyl or cyclic N) is 1. The zero-order valence-electron chi connectivity index (χ0n) is 17.0. The Morgan fingerprint density at radius 2 is 1.28 bits per heavy atom. The molecule has 5 heteroatoms. The second-order valence-electron chi connectivity index (χ2n) is 6.70. The van der Waals surface area contributed by atoms with Crippen LogP contribution in [0.5, 0.6) is 0 Å². The van der Waals surface area contributed by atoms with Gasteiger partial charge >= 0.3 is 0 Å². The van der Waals surface area contributed by atoms with Gasteiger partial charge in [-0.25, -0.2) is 0 Å². The lowest BCUT2D eigenvalue weighted by atomic mass is 9.90. The van der Waals surface area contributed by atoms with Crippen molar-refractivity contribution in [1.29, 1.82) is 0 Å². The number of aliphatic hydroxyl groups is 1. The number of hydrogen-bond acceptors (Lipinski definition) is 5. The lowest BCUT2D eigenvalue weighted by Gasteiger charge is -2.41. The summed E-state index contributed by atoms with van der Waals surface area (Å²) < 4.78 is 12.3. The van der Waals surface area contributed by atoms with E-state index in [1.54, 1.807) is 0 Å². The molecule has 0 aromatic carbocycles. The summed E-state index contributed by atoms with van der Waals surface area (Å²) in [5, 5.41) is 12.3. The zero-order valence-corrected chi connectivity index (χ0v) is 17.0. The predicted octanol–water partition coefficient (Wildman–Crippen LogP) is 2.81. The Balaban J connectivity index is 0.000000730. The van der Waals surface area contributed by atoms with Crippen LogP contribution in [0.1, 0.15) is 66.2 Å². The molecule has 1 saturated carbocycles. The van der Waals surface area contributed by atoms with E-state index in [4.69, 9.17) is 14.6 Å². The summed E-state index contributed by atoms with van der Waals surface area (Å²) >= 11 is 0. The van der Waals surface area contributed by atoms with Gasteiger partial charge in [0.2, 0.25) is 0 Å². The second-order valence-corrected chi connectivity index (χ2v) is 6.70. The van der Waals surface area contributed by atoms with Gasteiger partial charge in [-0.2, -0.15) is 0 Å². The van der Waals surface area contributed by atoms with Crippen LogP contribution >= 0.6 is 0 Å². The first-order valence-corrected chi connectivity index (χ1v) is 10.7. The van der Waals surface area contributed by atoms with Gasteiger partial charge in [0.15, 0.2) is 0 Å². The average molecular weight is 359 g/mol. The Morgan fingerprint density at radius 3 is 1.76 bits per heavy atom. The molecule has 2 aliphatic heterocycles. The molecule has 2 heterocycles. The SMILES string of the molecule is CC.CC.OCCN1CCC(OC2CC(OC3CCNCC3)C2)CC1. The van der Waals surface area contributed by atoms with Crippen LogP contribution in [0.15, 0.2) is 0 Å². The van der Waals surface area contributed by atoms with Gasteiger partial charge in [0.05, 0.1) is 31.0 Å². The van der Waals surface area contributed by atoms with E-state index in [9.17, 15) is 0 Å². The van der Waals surface area contributed by atoms with E-state index in [2.05, 4.69) is 10.2 Å². The van der Waals surface area contributed by atoms with Crippen molar-refractivity contribution in [2.24, 2.45) is 0 Å². The number of likely N-dealkylation sites (tertiary alicyclic amines) is 1. The Kier molecular flexibility index (Phi) is 12.7. The highest BCUT2D eigenvalue weighted by Crippen LogP contribution is 2.31. The maximum atomic E-state index is 8.95. The third kappa shape index (κ3) is 8.35. The maximum absolute atomic E-state index is 8.95. The number of ether oxygens (including phenoxy) is 2.